The van der Waals surface area contributed by atoms with E-state index >= 15 is 0 Å². The van der Waals surface area contributed by atoms with Gasteiger partial charge in [-0.2, -0.15) is 5.10 Å². The summed E-state index contributed by atoms with van der Waals surface area (Å²) in [5.74, 6) is 0.0307. The molecule has 0 spiro atoms. The van der Waals surface area contributed by atoms with Crippen LogP contribution in [0.1, 0.15) is 21.9 Å². The molecule has 0 amide bonds. The quantitative estimate of drug-likeness (QED) is 0.841. The Morgan fingerprint density at radius 3 is 2.94 bits per heavy atom. The summed E-state index contributed by atoms with van der Waals surface area (Å²) in [5.41, 5.74) is 1.06. The molecule has 0 aliphatic rings. The van der Waals surface area contributed by atoms with Gasteiger partial charge in [-0.3, -0.25) is 4.68 Å². The van der Waals surface area contributed by atoms with Crippen LogP contribution in [-0.4, -0.2) is 20.9 Å². The molecule has 0 atom stereocenters. The molecule has 0 aliphatic heterocycles. The number of carboxylic acid groups (broad SMARTS) is 1. The summed E-state index contributed by atoms with van der Waals surface area (Å²) in [4.78, 5) is 10.8. The van der Waals surface area contributed by atoms with Crippen molar-refractivity contribution in [3.05, 3.63) is 35.5 Å². The van der Waals surface area contributed by atoms with Gasteiger partial charge in [-0.1, -0.05) is 0 Å². The number of nitrogens with one attached hydrogen (secondary N) is 1. The van der Waals surface area contributed by atoms with E-state index in [1.54, 1.807) is 17.8 Å². The molecule has 0 aliphatic carbocycles. The number of hydrogen-bond donors (Lipinski definition) is 2. The SMILES string of the molecule is Cc1oc(CNc2cnn(C)c2)cc1C(=O)O. The van der Waals surface area contributed by atoms with Gasteiger partial charge in [-0.05, 0) is 13.0 Å². The van der Waals surface area contributed by atoms with Crippen molar-refractivity contribution >= 4 is 11.7 Å². The van der Waals surface area contributed by atoms with Crippen molar-refractivity contribution in [2.24, 2.45) is 7.05 Å². The number of furan rings is 1. The predicted molar refractivity (Wildman–Crippen MR) is 60.9 cm³/mol. The smallest absolute Gasteiger partial charge is 0.339 e. The molecular weight excluding hydrogens is 222 g/mol. The van der Waals surface area contributed by atoms with E-state index in [9.17, 15) is 4.79 Å². The number of aromatic carboxylic acids is 1. The van der Waals surface area contributed by atoms with E-state index in [1.165, 1.54) is 6.07 Å². The summed E-state index contributed by atoms with van der Waals surface area (Å²) in [7, 11) is 1.82. The maximum absolute atomic E-state index is 10.8. The first-order valence-corrected chi connectivity index (χ1v) is 5.11. The Bertz CT molecular complexity index is 542. The Morgan fingerprint density at radius 2 is 2.41 bits per heavy atom. The fraction of sp³-hybridized carbons (Fsp3) is 0.273. The summed E-state index contributed by atoms with van der Waals surface area (Å²) >= 11 is 0. The highest BCUT2D eigenvalue weighted by Crippen LogP contribution is 2.16. The number of hydrogen-bond acceptors (Lipinski definition) is 4. The van der Waals surface area contributed by atoms with Crippen molar-refractivity contribution in [3.63, 3.8) is 0 Å². The lowest BCUT2D eigenvalue weighted by Crippen LogP contribution is -1.97. The molecule has 17 heavy (non-hydrogen) atoms. The van der Waals surface area contributed by atoms with Crippen molar-refractivity contribution < 1.29 is 14.3 Å². The average molecular weight is 235 g/mol. The minimum Gasteiger partial charge on any atom is -0.478 e. The van der Waals surface area contributed by atoms with Gasteiger partial charge >= 0.3 is 5.97 Å². The lowest BCUT2D eigenvalue weighted by Gasteiger charge is -1.98. The second-order valence-electron chi connectivity index (χ2n) is 3.74. The van der Waals surface area contributed by atoms with Gasteiger partial charge < -0.3 is 14.8 Å². The van der Waals surface area contributed by atoms with Crippen molar-refractivity contribution in [1.82, 2.24) is 9.78 Å². The van der Waals surface area contributed by atoms with Crippen LogP contribution in [0.3, 0.4) is 0 Å². The topological polar surface area (TPSA) is 80.3 Å². The summed E-state index contributed by atoms with van der Waals surface area (Å²) in [6.07, 6.45) is 3.52. The Kier molecular flexibility index (Phi) is 2.86. The lowest BCUT2D eigenvalue weighted by atomic mass is 10.2. The zero-order valence-corrected chi connectivity index (χ0v) is 9.60. The molecule has 0 aromatic carbocycles. The normalized spacial score (nSPS) is 10.5. The molecule has 2 heterocycles. The number of anilines is 1. The van der Waals surface area contributed by atoms with Crippen LogP contribution in [-0.2, 0) is 13.6 Å². The molecule has 0 bridgehead atoms. The number of nitrogens with zero attached hydrogens (tertiary/aromatic N) is 2. The molecule has 0 radical (unpaired) electrons. The Hall–Kier alpha value is -2.24. The van der Waals surface area contributed by atoms with Gasteiger partial charge in [0.05, 0.1) is 18.4 Å². The fourth-order valence-corrected chi connectivity index (χ4v) is 1.54. The molecule has 2 N–H and O–H groups in total. The second kappa shape index (κ2) is 4.32. The summed E-state index contributed by atoms with van der Waals surface area (Å²) in [5, 5.41) is 16.0. The zero-order valence-electron chi connectivity index (χ0n) is 9.60. The number of aryl methyl sites for hydroxylation is 2. The van der Waals surface area contributed by atoms with Crippen molar-refractivity contribution in [2.75, 3.05) is 5.32 Å². The van der Waals surface area contributed by atoms with E-state index in [1.807, 2.05) is 13.2 Å². The maximum atomic E-state index is 10.8. The van der Waals surface area contributed by atoms with Crippen molar-refractivity contribution in [1.29, 1.82) is 0 Å². The Balaban J connectivity index is 2.04. The van der Waals surface area contributed by atoms with Gasteiger partial charge in [-0.15, -0.1) is 0 Å². The molecule has 0 saturated carbocycles. The first-order valence-electron chi connectivity index (χ1n) is 5.11. The molecular formula is C11H13N3O3. The molecule has 0 fully saturated rings. The largest absolute Gasteiger partial charge is 0.478 e. The molecule has 2 aromatic heterocycles. The minimum atomic E-state index is -0.973. The van der Waals surface area contributed by atoms with E-state index in [2.05, 4.69) is 10.4 Å². The summed E-state index contributed by atoms with van der Waals surface area (Å²) in [6, 6.07) is 1.53. The fourth-order valence-electron chi connectivity index (χ4n) is 1.54. The van der Waals surface area contributed by atoms with Crippen LogP contribution < -0.4 is 5.32 Å². The third-order valence-electron chi connectivity index (χ3n) is 2.37. The van der Waals surface area contributed by atoms with E-state index < -0.39 is 5.97 Å². The molecule has 90 valence electrons. The predicted octanol–water partition coefficient (Wildman–Crippen LogP) is 1.63. The zero-order chi connectivity index (χ0) is 12.4. The molecule has 6 nitrogen and oxygen atoms in total. The molecule has 2 aromatic rings. The van der Waals surface area contributed by atoms with Gasteiger partial charge in [0, 0.05) is 13.2 Å². The van der Waals surface area contributed by atoms with Gasteiger partial charge in [0.1, 0.15) is 17.1 Å². The van der Waals surface area contributed by atoms with Gasteiger partial charge in [0.25, 0.3) is 0 Å². The lowest BCUT2D eigenvalue weighted by molar-refractivity contribution is 0.0695. The molecule has 2 rings (SSSR count). The Labute approximate surface area is 97.9 Å². The Morgan fingerprint density at radius 1 is 1.65 bits per heavy atom. The second-order valence-corrected chi connectivity index (χ2v) is 3.74. The van der Waals surface area contributed by atoms with Crippen LogP contribution in [0.15, 0.2) is 22.9 Å². The standard InChI is InChI=1S/C11H13N3O3/c1-7-10(11(15)16)3-9(17-7)5-12-8-4-13-14(2)6-8/h3-4,6,12H,5H2,1-2H3,(H,15,16). The molecule has 0 saturated heterocycles. The van der Waals surface area contributed by atoms with E-state index in [0.717, 1.165) is 5.69 Å². The minimum absolute atomic E-state index is 0.202. The van der Waals surface area contributed by atoms with Crippen LogP contribution in [0.5, 0.6) is 0 Å². The van der Waals surface area contributed by atoms with Crippen LogP contribution in [0.4, 0.5) is 5.69 Å². The maximum Gasteiger partial charge on any atom is 0.339 e. The van der Waals surface area contributed by atoms with Crippen LogP contribution in [0.2, 0.25) is 0 Å². The van der Waals surface area contributed by atoms with Crippen LogP contribution in [0.25, 0.3) is 0 Å². The first-order chi connectivity index (χ1) is 8.06. The van der Waals surface area contributed by atoms with Crippen molar-refractivity contribution in [2.45, 2.75) is 13.5 Å². The van der Waals surface area contributed by atoms with E-state index in [4.69, 9.17) is 9.52 Å². The first kappa shape index (κ1) is 11.3. The number of aromatic nitrogens is 2. The van der Waals surface area contributed by atoms with E-state index in [-0.39, 0.29) is 5.56 Å². The number of carbonyl (C=O) groups is 1. The monoisotopic (exact) mass is 235 g/mol. The summed E-state index contributed by atoms with van der Waals surface area (Å²) in [6.45, 7) is 2.07. The highest BCUT2D eigenvalue weighted by Gasteiger charge is 2.13. The number of carboxylic acids is 1. The summed E-state index contributed by atoms with van der Waals surface area (Å²) < 4.78 is 7.01. The van der Waals surface area contributed by atoms with E-state index in [0.29, 0.717) is 18.1 Å². The highest BCUT2D eigenvalue weighted by molar-refractivity contribution is 5.88. The third-order valence-corrected chi connectivity index (χ3v) is 2.37. The molecule has 6 heteroatoms. The highest BCUT2D eigenvalue weighted by atomic mass is 16.4. The van der Waals surface area contributed by atoms with Gasteiger partial charge in [0.15, 0.2) is 0 Å². The van der Waals surface area contributed by atoms with Crippen molar-refractivity contribution in [3.8, 4) is 0 Å². The third kappa shape index (κ3) is 2.47. The van der Waals surface area contributed by atoms with Crippen LogP contribution in [0, 0.1) is 6.92 Å². The average Bonchev–Trinajstić information content (AvgIpc) is 2.82. The molecule has 0 unspecified atom stereocenters. The van der Waals surface area contributed by atoms with Gasteiger partial charge in [-0.25, -0.2) is 4.79 Å². The van der Waals surface area contributed by atoms with Crippen LogP contribution >= 0.6 is 0 Å². The number of rotatable bonds is 4. The van der Waals surface area contributed by atoms with Gasteiger partial charge in [0.2, 0.25) is 0 Å².